The van der Waals surface area contributed by atoms with Crippen molar-refractivity contribution in [1.29, 1.82) is 0 Å². The number of halogens is 1. The maximum absolute atomic E-state index is 11.5. The van der Waals surface area contributed by atoms with Crippen molar-refractivity contribution in [3.63, 3.8) is 0 Å². The highest BCUT2D eigenvalue weighted by atomic mass is 79.9. The van der Waals surface area contributed by atoms with Crippen LogP contribution in [0.25, 0.3) is 11.2 Å². The number of unbranched alkanes of at least 4 members (excludes halogenated alkanes) is 3. The molecule has 2 aromatic heterocycles. The molecule has 0 saturated heterocycles. The lowest BCUT2D eigenvalue weighted by Crippen LogP contribution is -2.04. The van der Waals surface area contributed by atoms with Gasteiger partial charge in [-0.3, -0.25) is 4.79 Å². The van der Waals surface area contributed by atoms with Gasteiger partial charge in [0.15, 0.2) is 33.6 Å². The van der Waals surface area contributed by atoms with Gasteiger partial charge in [-0.1, -0.05) is 24.6 Å². The quantitative estimate of drug-likeness (QED) is 0.302. The normalized spacial score (nSPS) is 12.4. The Balaban J connectivity index is 1.48. The first-order valence-electron chi connectivity index (χ1n) is 10.5. The average molecular weight is 522 g/mol. The van der Waals surface area contributed by atoms with E-state index in [4.69, 9.17) is 24.9 Å². The minimum Gasteiger partial charge on any atom is -0.466 e. The number of esters is 1. The lowest BCUT2D eigenvalue weighted by atomic mass is 10.1. The second kappa shape index (κ2) is 10.4. The number of nitrogens with zero attached hydrogens (tertiary/aromatic N) is 4. The number of benzene rings is 1. The van der Waals surface area contributed by atoms with Crippen LogP contribution in [0.15, 0.2) is 33.0 Å². The third kappa shape index (κ3) is 5.09. The summed E-state index contributed by atoms with van der Waals surface area (Å²) < 4.78 is 18.9. The van der Waals surface area contributed by atoms with Gasteiger partial charge in [0.05, 0.1) is 6.61 Å². The number of imidazole rings is 1. The van der Waals surface area contributed by atoms with Crippen LogP contribution in [0, 0.1) is 0 Å². The minimum atomic E-state index is -0.131. The zero-order valence-electron chi connectivity index (χ0n) is 17.7. The lowest BCUT2D eigenvalue weighted by Gasteiger charge is -2.10. The van der Waals surface area contributed by atoms with E-state index in [-0.39, 0.29) is 12.8 Å². The van der Waals surface area contributed by atoms with Crippen molar-refractivity contribution >= 4 is 50.6 Å². The molecule has 0 fully saturated rings. The molecule has 0 atom stereocenters. The molecule has 0 spiro atoms. The van der Waals surface area contributed by atoms with Crippen LogP contribution in [0.3, 0.4) is 0 Å². The van der Waals surface area contributed by atoms with Gasteiger partial charge in [-0.2, -0.15) is 0 Å². The Morgan fingerprint density at radius 1 is 1.22 bits per heavy atom. The maximum atomic E-state index is 11.5. The Labute approximate surface area is 198 Å². The number of hydrogen-bond acceptors (Lipinski definition) is 9. The van der Waals surface area contributed by atoms with Crippen molar-refractivity contribution in [1.82, 2.24) is 19.5 Å². The van der Waals surface area contributed by atoms with Gasteiger partial charge in [0.25, 0.3) is 0 Å². The van der Waals surface area contributed by atoms with Gasteiger partial charge in [0.2, 0.25) is 6.79 Å². The molecule has 0 saturated carbocycles. The highest BCUT2D eigenvalue weighted by Gasteiger charge is 2.20. The fourth-order valence-corrected chi connectivity index (χ4v) is 4.92. The molecule has 0 unspecified atom stereocenters. The standard InChI is InChI=1S/C21H24BrN5O4S/c1-2-29-17(28)7-5-3-4-6-8-27-20-18(19(23)24-11-25-20)26-21(27)32-16-10-15-14(9-13(16)22)30-12-31-15/h9-11H,2-8,12H2,1H3,(H2,23,24,25). The molecule has 1 aromatic carbocycles. The van der Waals surface area contributed by atoms with Crippen molar-refractivity contribution in [2.75, 3.05) is 19.1 Å². The van der Waals surface area contributed by atoms with Crippen molar-refractivity contribution in [3.8, 4) is 11.5 Å². The summed E-state index contributed by atoms with van der Waals surface area (Å²) in [4.78, 5) is 25.6. The van der Waals surface area contributed by atoms with E-state index in [0.717, 1.165) is 46.8 Å². The largest absolute Gasteiger partial charge is 0.466 e. The monoisotopic (exact) mass is 521 g/mol. The third-order valence-electron chi connectivity index (χ3n) is 4.97. The number of carbonyl (C=O) groups excluding carboxylic acids is 1. The molecule has 1 aliphatic rings. The first-order chi connectivity index (χ1) is 15.6. The van der Waals surface area contributed by atoms with Crippen LogP contribution in [-0.2, 0) is 16.1 Å². The lowest BCUT2D eigenvalue weighted by molar-refractivity contribution is -0.143. The topological polar surface area (TPSA) is 114 Å². The van der Waals surface area contributed by atoms with Gasteiger partial charge < -0.3 is 24.5 Å². The Morgan fingerprint density at radius 3 is 2.81 bits per heavy atom. The van der Waals surface area contributed by atoms with E-state index in [9.17, 15) is 4.79 Å². The SMILES string of the molecule is CCOC(=O)CCCCCCn1c(Sc2cc3c(cc2Br)OCO3)nc2c(N)ncnc21. The molecule has 11 heteroatoms. The predicted octanol–water partition coefficient (Wildman–Crippen LogP) is 4.56. The summed E-state index contributed by atoms with van der Waals surface area (Å²) in [5.74, 6) is 1.65. The fraction of sp³-hybridized carbons (Fsp3) is 0.429. The highest BCUT2D eigenvalue weighted by Crippen LogP contribution is 2.43. The summed E-state index contributed by atoms with van der Waals surface area (Å²) in [6.07, 6.45) is 5.61. The molecule has 0 amide bonds. The summed E-state index contributed by atoms with van der Waals surface area (Å²) in [7, 11) is 0. The third-order valence-corrected chi connectivity index (χ3v) is 6.94. The van der Waals surface area contributed by atoms with E-state index >= 15 is 0 Å². The molecule has 32 heavy (non-hydrogen) atoms. The van der Waals surface area contributed by atoms with E-state index in [2.05, 4.69) is 30.5 Å². The summed E-state index contributed by atoms with van der Waals surface area (Å²) in [5.41, 5.74) is 7.36. The smallest absolute Gasteiger partial charge is 0.305 e. The van der Waals surface area contributed by atoms with Crippen molar-refractivity contribution in [2.45, 2.75) is 55.6 Å². The number of aromatic nitrogens is 4. The zero-order valence-corrected chi connectivity index (χ0v) is 20.1. The van der Waals surface area contributed by atoms with Crippen molar-refractivity contribution in [2.24, 2.45) is 0 Å². The first kappa shape index (κ1) is 22.7. The molecule has 9 nitrogen and oxygen atoms in total. The van der Waals surface area contributed by atoms with E-state index < -0.39 is 0 Å². The van der Waals surface area contributed by atoms with E-state index in [0.29, 0.717) is 41.5 Å². The molecule has 3 heterocycles. The molecule has 0 aliphatic carbocycles. The zero-order chi connectivity index (χ0) is 22.5. The number of nitrogen functional groups attached to an aromatic ring is 1. The molecule has 0 bridgehead atoms. The van der Waals surface area contributed by atoms with Crippen LogP contribution in [0.2, 0.25) is 0 Å². The van der Waals surface area contributed by atoms with Gasteiger partial charge >= 0.3 is 5.97 Å². The summed E-state index contributed by atoms with van der Waals surface area (Å²) in [6, 6.07) is 3.83. The number of fused-ring (bicyclic) bond motifs is 2. The van der Waals surface area contributed by atoms with Gasteiger partial charge in [-0.15, -0.1) is 0 Å². The Kier molecular flexibility index (Phi) is 7.36. The first-order valence-corrected chi connectivity index (χ1v) is 12.1. The predicted molar refractivity (Wildman–Crippen MR) is 124 cm³/mol. The highest BCUT2D eigenvalue weighted by molar-refractivity contribution is 9.10. The van der Waals surface area contributed by atoms with Crippen LogP contribution in [0.4, 0.5) is 5.82 Å². The number of hydrogen-bond donors (Lipinski definition) is 1. The molecular weight excluding hydrogens is 498 g/mol. The molecule has 3 aromatic rings. The van der Waals surface area contributed by atoms with Gasteiger partial charge in [0.1, 0.15) is 6.33 Å². The molecule has 170 valence electrons. The molecule has 1 aliphatic heterocycles. The molecule has 4 rings (SSSR count). The van der Waals surface area contributed by atoms with E-state index in [1.165, 1.54) is 18.1 Å². The van der Waals surface area contributed by atoms with Gasteiger partial charge in [-0.25, -0.2) is 15.0 Å². The van der Waals surface area contributed by atoms with E-state index in [1.54, 1.807) is 0 Å². The van der Waals surface area contributed by atoms with Crippen LogP contribution >= 0.6 is 27.7 Å². The van der Waals surface area contributed by atoms with Crippen LogP contribution < -0.4 is 15.2 Å². The number of aryl methyl sites for hydroxylation is 1. The Bertz CT molecular complexity index is 1120. The molecular formula is C21H24BrN5O4S. The summed E-state index contributed by atoms with van der Waals surface area (Å²) in [6.45, 7) is 3.20. The summed E-state index contributed by atoms with van der Waals surface area (Å²) in [5, 5.41) is 0.776. The minimum absolute atomic E-state index is 0.131. The molecule has 0 radical (unpaired) electrons. The second-order valence-corrected chi connectivity index (χ2v) is 9.05. The molecule has 2 N–H and O–H groups in total. The Hall–Kier alpha value is -2.53. The van der Waals surface area contributed by atoms with E-state index in [1.807, 2.05) is 19.1 Å². The average Bonchev–Trinajstić information content (AvgIpc) is 3.36. The van der Waals surface area contributed by atoms with Gasteiger partial charge in [-0.05, 0) is 47.8 Å². The second-order valence-electron chi connectivity index (χ2n) is 7.18. The maximum Gasteiger partial charge on any atom is 0.305 e. The fourth-order valence-electron chi connectivity index (χ4n) is 3.41. The number of nitrogens with two attached hydrogens (primary N) is 1. The number of rotatable bonds is 10. The van der Waals surface area contributed by atoms with Gasteiger partial charge in [0, 0.05) is 22.3 Å². The van der Waals surface area contributed by atoms with Crippen LogP contribution in [0.5, 0.6) is 11.5 Å². The van der Waals surface area contributed by atoms with Crippen LogP contribution in [-0.4, -0.2) is 38.9 Å². The van der Waals surface area contributed by atoms with Crippen molar-refractivity contribution in [3.05, 3.63) is 22.9 Å². The number of ether oxygens (including phenoxy) is 3. The summed E-state index contributed by atoms with van der Waals surface area (Å²) >= 11 is 5.11. The number of carbonyl (C=O) groups is 1. The van der Waals surface area contributed by atoms with Crippen LogP contribution in [0.1, 0.15) is 39.0 Å². The van der Waals surface area contributed by atoms with Crippen molar-refractivity contribution < 1.29 is 19.0 Å². The Morgan fingerprint density at radius 2 is 2.00 bits per heavy atom. The number of anilines is 1.